The van der Waals surface area contributed by atoms with Gasteiger partial charge < -0.3 is 25.0 Å². The molecule has 4 rings (SSSR count). The second-order valence-corrected chi connectivity index (χ2v) is 9.95. The fraction of sp³-hybridized carbons (Fsp3) is 0. The first-order valence-corrected chi connectivity index (χ1v) is 12.2. The fourth-order valence-electron chi connectivity index (χ4n) is 2.83. The molecule has 0 bridgehead atoms. The number of para-hydroxylation sites is 4. The molecular weight excluding hydrogens is 464 g/mol. The molecule has 0 fully saturated rings. The summed E-state index contributed by atoms with van der Waals surface area (Å²) in [6.07, 6.45) is 0. The molecule has 4 aromatic carbocycles. The van der Waals surface area contributed by atoms with Gasteiger partial charge in [-0.3, -0.25) is 0 Å². The van der Waals surface area contributed by atoms with Crippen LogP contribution in [0, 0.1) is 0 Å². The molecule has 0 saturated carbocycles. The van der Waals surface area contributed by atoms with Crippen molar-refractivity contribution in [1.29, 1.82) is 0 Å². The molecule has 7 nitrogen and oxygen atoms in total. The van der Waals surface area contributed by atoms with E-state index in [-0.39, 0.29) is 32.8 Å². The standard InChI is InChI=1S/C12H10O4S.C12H10O3S/c13-9-5-1-3-7-11(9)17(15,16)12-8-4-2-6-10(12)14;13-9-5-1-3-7-11(9)16(15)12-8-4-2-6-10(12)14/h1-8,13-14H;1-8,13-14H. The highest BCUT2D eigenvalue weighted by Crippen LogP contribution is 2.33. The molecule has 0 saturated heterocycles. The molecule has 0 unspecified atom stereocenters. The maximum atomic E-state index is 12.2. The molecule has 9 heteroatoms. The van der Waals surface area contributed by atoms with E-state index in [1.54, 1.807) is 36.4 Å². The fourth-order valence-corrected chi connectivity index (χ4v) is 5.43. The Bertz CT molecular complexity index is 1260. The highest BCUT2D eigenvalue weighted by molar-refractivity contribution is 7.92. The van der Waals surface area contributed by atoms with Crippen LogP contribution in [0.3, 0.4) is 0 Å². The Morgan fingerprint density at radius 2 is 0.818 bits per heavy atom. The van der Waals surface area contributed by atoms with Gasteiger partial charge in [0.1, 0.15) is 21.3 Å². The average molecular weight is 485 g/mol. The van der Waals surface area contributed by atoms with E-state index in [4.69, 9.17) is 0 Å². The van der Waals surface area contributed by atoms with Crippen LogP contribution in [0.5, 0.6) is 23.0 Å². The van der Waals surface area contributed by atoms with Gasteiger partial charge in [-0.25, -0.2) is 8.42 Å². The van der Waals surface area contributed by atoms with Gasteiger partial charge >= 0.3 is 0 Å². The summed E-state index contributed by atoms with van der Waals surface area (Å²) in [6, 6.07) is 24.0. The normalized spacial score (nSPS) is 11.0. The maximum Gasteiger partial charge on any atom is 0.213 e. The van der Waals surface area contributed by atoms with Crippen molar-refractivity contribution in [2.24, 2.45) is 0 Å². The van der Waals surface area contributed by atoms with Crippen LogP contribution in [0.1, 0.15) is 0 Å². The third kappa shape index (κ3) is 5.40. The van der Waals surface area contributed by atoms with E-state index in [1.807, 2.05) is 0 Å². The molecular formula is C24H20O7S2. The van der Waals surface area contributed by atoms with Gasteiger partial charge in [0.25, 0.3) is 0 Å². The first-order chi connectivity index (χ1) is 15.7. The minimum absolute atomic E-state index is 0.0379. The van der Waals surface area contributed by atoms with Crippen molar-refractivity contribution < 1.29 is 33.4 Å². The van der Waals surface area contributed by atoms with Gasteiger partial charge in [-0.05, 0) is 48.5 Å². The van der Waals surface area contributed by atoms with E-state index in [0.29, 0.717) is 9.79 Å². The first-order valence-electron chi connectivity index (χ1n) is 9.52. The van der Waals surface area contributed by atoms with Crippen molar-refractivity contribution in [3.8, 4) is 23.0 Å². The van der Waals surface area contributed by atoms with Crippen LogP contribution in [-0.4, -0.2) is 33.4 Å². The Morgan fingerprint density at radius 3 is 1.15 bits per heavy atom. The summed E-state index contributed by atoms with van der Waals surface area (Å²) in [5.41, 5.74) is 0. The highest BCUT2D eigenvalue weighted by atomic mass is 32.2. The molecule has 4 aromatic rings. The zero-order valence-corrected chi connectivity index (χ0v) is 18.7. The molecule has 0 atom stereocenters. The third-order valence-corrected chi connectivity index (χ3v) is 7.78. The van der Waals surface area contributed by atoms with Crippen molar-refractivity contribution in [3.63, 3.8) is 0 Å². The Labute approximate surface area is 194 Å². The van der Waals surface area contributed by atoms with Crippen molar-refractivity contribution in [1.82, 2.24) is 0 Å². The van der Waals surface area contributed by atoms with Gasteiger partial charge in [0.2, 0.25) is 9.84 Å². The largest absolute Gasteiger partial charge is 0.606 e. The molecule has 0 aliphatic carbocycles. The van der Waals surface area contributed by atoms with E-state index >= 15 is 0 Å². The lowest BCUT2D eigenvalue weighted by atomic mass is 10.3. The van der Waals surface area contributed by atoms with Crippen LogP contribution in [0.15, 0.2) is 117 Å². The van der Waals surface area contributed by atoms with Gasteiger partial charge in [0, 0.05) is 11.2 Å². The first kappa shape index (κ1) is 24.0. The zero-order chi connectivity index (χ0) is 24.0. The molecule has 0 spiro atoms. The van der Waals surface area contributed by atoms with Gasteiger partial charge in [-0.2, -0.15) is 0 Å². The predicted molar refractivity (Wildman–Crippen MR) is 123 cm³/mol. The van der Waals surface area contributed by atoms with Crippen molar-refractivity contribution in [3.05, 3.63) is 97.1 Å². The smallest absolute Gasteiger partial charge is 0.213 e. The van der Waals surface area contributed by atoms with Crippen LogP contribution in [0.4, 0.5) is 0 Å². The Balaban J connectivity index is 0.000000186. The van der Waals surface area contributed by atoms with Crippen LogP contribution in [0.2, 0.25) is 0 Å². The molecule has 0 aromatic heterocycles. The number of benzene rings is 4. The van der Waals surface area contributed by atoms with E-state index < -0.39 is 21.0 Å². The minimum Gasteiger partial charge on any atom is -0.606 e. The van der Waals surface area contributed by atoms with Crippen molar-refractivity contribution in [2.75, 3.05) is 0 Å². The molecule has 0 amide bonds. The van der Waals surface area contributed by atoms with E-state index in [9.17, 15) is 33.4 Å². The number of phenols is 4. The summed E-state index contributed by atoms with van der Waals surface area (Å²) < 4.78 is 36.4. The SMILES string of the molecule is O=S(=O)(c1ccccc1O)c1ccccc1O.[O-][S+](c1ccccc1O)c1ccccc1O. The van der Waals surface area contributed by atoms with Crippen molar-refractivity contribution in [2.45, 2.75) is 19.6 Å². The van der Waals surface area contributed by atoms with E-state index in [1.165, 1.54) is 60.7 Å². The summed E-state index contributed by atoms with van der Waals surface area (Å²) in [4.78, 5) is 0.149. The van der Waals surface area contributed by atoms with E-state index in [2.05, 4.69) is 0 Å². The minimum atomic E-state index is -3.90. The Kier molecular flexibility index (Phi) is 7.49. The summed E-state index contributed by atoms with van der Waals surface area (Å²) in [5.74, 6) is -0.750. The van der Waals surface area contributed by atoms with E-state index in [0.717, 1.165) is 0 Å². The van der Waals surface area contributed by atoms with Crippen LogP contribution in [0.25, 0.3) is 0 Å². The summed E-state index contributed by atoms with van der Waals surface area (Å²) in [5, 5.41) is 38.2. The highest BCUT2D eigenvalue weighted by Gasteiger charge is 2.24. The molecule has 0 aliphatic rings. The monoisotopic (exact) mass is 484 g/mol. The van der Waals surface area contributed by atoms with Crippen molar-refractivity contribution >= 4 is 21.0 Å². The van der Waals surface area contributed by atoms with Gasteiger partial charge in [0.05, 0.1) is 0 Å². The number of sulfone groups is 1. The van der Waals surface area contributed by atoms with Gasteiger partial charge in [0.15, 0.2) is 21.3 Å². The van der Waals surface area contributed by atoms with Crippen LogP contribution in [-0.2, 0) is 21.0 Å². The Morgan fingerprint density at radius 1 is 0.515 bits per heavy atom. The molecule has 0 radical (unpaired) electrons. The van der Waals surface area contributed by atoms with Gasteiger partial charge in [-0.1, -0.05) is 48.5 Å². The van der Waals surface area contributed by atoms with Crippen LogP contribution >= 0.6 is 0 Å². The average Bonchev–Trinajstić information content (AvgIpc) is 2.80. The third-order valence-electron chi connectivity index (χ3n) is 4.44. The quantitative estimate of drug-likeness (QED) is 0.319. The molecule has 170 valence electrons. The zero-order valence-electron chi connectivity index (χ0n) is 17.1. The lowest BCUT2D eigenvalue weighted by molar-refractivity contribution is 0.451. The maximum absolute atomic E-state index is 12.2. The van der Waals surface area contributed by atoms with Crippen LogP contribution < -0.4 is 0 Å². The molecule has 33 heavy (non-hydrogen) atoms. The molecule has 4 N–H and O–H groups in total. The Hall–Kier alpha value is -3.66. The number of hydrogen-bond acceptors (Lipinski definition) is 7. The topological polar surface area (TPSA) is 138 Å². The second kappa shape index (κ2) is 10.3. The molecule has 0 heterocycles. The number of phenolic OH excluding ortho intramolecular Hbond substituents is 4. The lowest BCUT2D eigenvalue weighted by Crippen LogP contribution is -2.02. The number of rotatable bonds is 4. The summed E-state index contributed by atoms with van der Waals surface area (Å²) in [6.45, 7) is 0. The number of hydrogen-bond donors (Lipinski definition) is 4. The summed E-state index contributed by atoms with van der Waals surface area (Å²) >= 11 is -1.57. The predicted octanol–water partition coefficient (Wildman–Crippen LogP) is 4.20. The summed E-state index contributed by atoms with van der Waals surface area (Å²) in [7, 11) is -3.90. The lowest BCUT2D eigenvalue weighted by Gasteiger charge is -2.11. The number of aromatic hydroxyl groups is 4. The molecule has 0 aliphatic heterocycles. The second-order valence-electron chi connectivity index (χ2n) is 6.64. The van der Waals surface area contributed by atoms with Gasteiger partial charge in [-0.15, -0.1) is 0 Å².